The summed E-state index contributed by atoms with van der Waals surface area (Å²) in [7, 11) is 0. The molecule has 0 bridgehead atoms. The predicted molar refractivity (Wildman–Crippen MR) is 66.8 cm³/mol. The Morgan fingerprint density at radius 1 is 1.00 bits per heavy atom. The third-order valence-corrected chi connectivity index (χ3v) is 2.49. The maximum Gasteiger partial charge on any atom is 0.197 e. The summed E-state index contributed by atoms with van der Waals surface area (Å²) in [5.74, 6) is 0.800. The van der Waals surface area contributed by atoms with Crippen molar-refractivity contribution in [3.63, 3.8) is 0 Å². The Bertz CT molecular complexity index is 661. The lowest BCUT2D eigenvalue weighted by atomic mass is 10.2. The van der Waals surface area contributed by atoms with Crippen LogP contribution in [-0.4, -0.2) is 25.0 Å². The predicted octanol–water partition coefficient (Wildman–Crippen LogP) is 1.31. The van der Waals surface area contributed by atoms with E-state index in [2.05, 4.69) is 20.3 Å². The fourth-order valence-electron chi connectivity index (χ4n) is 1.63. The normalized spacial score (nSPS) is 10.4. The Balaban J connectivity index is 2.03. The summed E-state index contributed by atoms with van der Waals surface area (Å²) in [5.41, 5.74) is 7.49. The SMILES string of the molecule is Nc1nccnc1-n1cc(-c2ccccc2)nn1. The van der Waals surface area contributed by atoms with E-state index in [1.807, 2.05) is 30.3 Å². The summed E-state index contributed by atoms with van der Waals surface area (Å²) in [6.45, 7) is 0. The monoisotopic (exact) mass is 238 g/mol. The van der Waals surface area contributed by atoms with Gasteiger partial charge in [0, 0.05) is 18.0 Å². The van der Waals surface area contributed by atoms with Crippen molar-refractivity contribution in [2.45, 2.75) is 0 Å². The minimum absolute atomic E-state index is 0.321. The smallest absolute Gasteiger partial charge is 0.197 e. The zero-order valence-corrected chi connectivity index (χ0v) is 9.43. The number of hydrogen-bond donors (Lipinski definition) is 1. The maximum absolute atomic E-state index is 5.74. The molecule has 3 aromatic rings. The van der Waals surface area contributed by atoms with Gasteiger partial charge in [-0.2, -0.15) is 4.68 Å². The Kier molecular flexibility index (Phi) is 2.45. The van der Waals surface area contributed by atoms with Gasteiger partial charge in [0.1, 0.15) is 5.69 Å². The molecule has 2 heterocycles. The molecule has 6 nitrogen and oxygen atoms in total. The summed E-state index contributed by atoms with van der Waals surface area (Å²) in [4.78, 5) is 8.09. The number of benzene rings is 1. The van der Waals surface area contributed by atoms with Crippen LogP contribution in [-0.2, 0) is 0 Å². The lowest BCUT2D eigenvalue weighted by Crippen LogP contribution is -2.04. The molecule has 0 aliphatic heterocycles. The molecule has 0 fully saturated rings. The first-order valence-electron chi connectivity index (χ1n) is 5.39. The molecule has 0 saturated carbocycles. The topological polar surface area (TPSA) is 82.5 Å². The molecule has 0 aliphatic rings. The van der Waals surface area contributed by atoms with Crippen molar-refractivity contribution < 1.29 is 0 Å². The van der Waals surface area contributed by atoms with Crippen LogP contribution in [0.15, 0.2) is 48.9 Å². The summed E-state index contributed by atoms with van der Waals surface area (Å²) in [6, 6.07) is 9.79. The first-order valence-corrected chi connectivity index (χ1v) is 5.39. The van der Waals surface area contributed by atoms with Crippen LogP contribution in [0, 0.1) is 0 Å². The van der Waals surface area contributed by atoms with E-state index < -0.39 is 0 Å². The third-order valence-electron chi connectivity index (χ3n) is 2.49. The second-order valence-corrected chi connectivity index (χ2v) is 3.68. The molecule has 0 aliphatic carbocycles. The summed E-state index contributed by atoms with van der Waals surface area (Å²) >= 11 is 0. The third kappa shape index (κ3) is 1.80. The van der Waals surface area contributed by atoms with E-state index in [0.29, 0.717) is 11.6 Å². The fourth-order valence-corrected chi connectivity index (χ4v) is 1.63. The highest BCUT2D eigenvalue weighted by Crippen LogP contribution is 2.17. The van der Waals surface area contributed by atoms with Gasteiger partial charge >= 0.3 is 0 Å². The van der Waals surface area contributed by atoms with E-state index in [4.69, 9.17) is 5.73 Å². The number of nitrogens with zero attached hydrogens (tertiary/aromatic N) is 5. The Hall–Kier alpha value is -2.76. The van der Waals surface area contributed by atoms with Crippen LogP contribution in [0.5, 0.6) is 0 Å². The molecule has 1 aromatic carbocycles. The fraction of sp³-hybridized carbons (Fsp3) is 0. The van der Waals surface area contributed by atoms with Gasteiger partial charge in [-0.05, 0) is 0 Å². The highest BCUT2D eigenvalue weighted by Gasteiger charge is 2.08. The number of hydrogen-bond acceptors (Lipinski definition) is 5. The van der Waals surface area contributed by atoms with Gasteiger partial charge in [-0.15, -0.1) is 5.10 Å². The molecule has 0 unspecified atom stereocenters. The van der Waals surface area contributed by atoms with E-state index in [1.54, 1.807) is 12.4 Å². The molecule has 0 saturated heterocycles. The maximum atomic E-state index is 5.74. The average Bonchev–Trinajstić information content (AvgIpc) is 2.90. The summed E-state index contributed by atoms with van der Waals surface area (Å²) in [5, 5.41) is 8.10. The first kappa shape index (κ1) is 10.4. The van der Waals surface area contributed by atoms with Crippen molar-refractivity contribution in [3.05, 3.63) is 48.9 Å². The highest BCUT2D eigenvalue weighted by atomic mass is 15.4. The molecule has 18 heavy (non-hydrogen) atoms. The van der Waals surface area contributed by atoms with Gasteiger partial charge in [-0.25, -0.2) is 9.97 Å². The molecule has 3 rings (SSSR count). The molecule has 2 aromatic heterocycles. The van der Waals surface area contributed by atoms with Crippen LogP contribution < -0.4 is 5.73 Å². The van der Waals surface area contributed by atoms with Gasteiger partial charge in [0.2, 0.25) is 0 Å². The van der Waals surface area contributed by atoms with Gasteiger partial charge in [0.25, 0.3) is 0 Å². The minimum atomic E-state index is 0.321. The molecule has 0 radical (unpaired) electrons. The van der Waals surface area contributed by atoms with Gasteiger partial charge in [-0.3, -0.25) is 0 Å². The van der Waals surface area contributed by atoms with Crippen molar-refractivity contribution in [1.29, 1.82) is 0 Å². The van der Waals surface area contributed by atoms with E-state index in [9.17, 15) is 0 Å². The van der Waals surface area contributed by atoms with Crippen LogP contribution in [0.4, 0.5) is 5.82 Å². The van der Waals surface area contributed by atoms with Crippen molar-refractivity contribution in [2.24, 2.45) is 0 Å². The van der Waals surface area contributed by atoms with Crippen molar-refractivity contribution >= 4 is 5.82 Å². The highest BCUT2D eigenvalue weighted by molar-refractivity contribution is 5.58. The number of aromatic nitrogens is 5. The van der Waals surface area contributed by atoms with Crippen LogP contribution in [0.25, 0.3) is 17.1 Å². The zero-order chi connectivity index (χ0) is 12.4. The van der Waals surface area contributed by atoms with Gasteiger partial charge in [-0.1, -0.05) is 35.5 Å². The van der Waals surface area contributed by atoms with E-state index >= 15 is 0 Å². The van der Waals surface area contributed by atoms with Crippen LogP contribution in [0.1, 0.15) is 0 Å². The second-order valence-electron chi connectivity index (χ2n) is 3.68. The molecule has 6 heteroatoms. The Morgan fingerprint density at radius 3 is 2.56 bits per heavy atom. The minimum Gasteiger partial charge on any atom is -0.381 e. The zero-order valence-electron chi connectivity index (χ0n) is 9.43. The molecule has 0 spiro atoms. The molecule has 0 atom stereocenters. The number of nitrogen functional groups attached to an aromatic ring is 1. The van der Waals surface area contributed by atoms with Gasteiger partial charge < -0.3 is 5.73 Å². The number of anilines is 1. The van der Waals surface area contributed by atoms with Gasteiger partial charge in [0.15, 0.2) is 11.6 Å². The lowest BCUT2D eigenvalue weighted by molar-refractivity contribution is 0.779. The van der Waals surface area contributed by atoms with Gasteiger partial charge in [0.05, 0.1) is 6.20 Å². The Morgan fingerprint density at radius 2 is 1.78 bits per heavy atom. The molecule has 88 valence electrons. The van der Waals surface area contributed by atoms with E-state index in [-0.39, 0.29) is 0 Å². The molecule has 0 amide bonds. The summed E-state index contributed by atoms with van der Waals surface area (Å²) < 4.78 is 1.52. The van der Waals surface area contributed by atoms with Crippen LogP contribution in [0.2, 0.25) is 0 Å². The molecular formula is C12H10N6. The standard InChI is InChI=1S/C12H10N6/c13-11-12(15-7-6-14-11)18-8-10(16-17-18)9-4-2-1-3-5-9/h1-8H,(H2,13,14). The van der Waals surface area contributed by atoms with E-state index in [0.717, 1.165) is 11.3 Å². The quantitative estimate of drug-likeness (QED) is 0.727. The van der Waals surface area contributed by atoms with E-state index in [1.165, 1.54) is 10.9 Å². The summed E-state index contributed by atoms with van der Waals surface area (Å²) in [6.07, 6.45) is 4.87. The number of rotatable bonds is 2. The van der Waals surface area contributed by atoms with Crippen LogP contribution >= 0.6 is 0 Å². The molecule has 2 N–H and O–H groups in total. The van der Waals surface area contributed by atoms with Crippen molar-refractivity contribution in [3.8, 4) is 17.1 Å². The number of nitrogens with two attached hydrogens (primary N) is 1. The van der Waals surface area contributed by atoms with Crippen molar-refractivity contribution in [1.82, 2.24) is 25.0 Å². The second kappa shape index (κ2) is 4.25. The molecular weight excluding hydrogens is 228 g/mol. The van der Waals surface area contributed by atoms with Crippen molar-refractivity contribution in [2.75, 3.05) is 5.73 Å². The average molecular weight is 238 g/mol. The lowest BCUT2D eigenvalue weighted by Gasteiger charge is -2.00. The first-order chi connectivity index (χ1) is 8.84. The Labute approximate surface area is 103 Å². The largest absolute Gasteiger partial charge is 0.381 e. The van der Waals surface area contributed by atoms with Crippen LogP contribution in [0.3, 0.4) is 0 Å².